The molecule has 0 aliphatic carbocycles. The van der Waals surface area contributed by atoms with Gasteiger partial charge in [-0.2, -0.15) is 5.10 Å². The minimum atomic E-state index is -0.489. The van der Waals surface area contributed by atoms with Crippen LogP contribution in [0.2, 0.25) is 0 Å². The molecule has 25 heavy (non-hydrogen) atoms. The molecule has 1 aliphatic rings. The van der Waals surface area contributed by atoms with Crippen LogP contribution in [0.3, 0.4) is 0 Å². The number of benzene rings is 1. The molecule has 1 atom stereocenters. The molecule has 1 aromatic carbocycles. The van der Waals surface area contributed by atoms with Crippen molar-refractivity contribution in [2.45, 2.75) is 12.8 Å². The van der Waals surface area contributed by atoms with Gasteiger partial charge < -0.3 is 15.5 Å². The summed E-state index contributed by atoms with van der Waals surface area (Å²) in [6, 6.07) is 7.31. The summed E-state index contributed by atoms with van der Waals surface area (Å²) in [7, 11) is 1.77. The predicted molar refractivity (Wildman–Crippen MR) is 91.6 cm³/mol. The maximum Gasteiger partial charge on any atom is 0.321 e. The fraction of sp³-hybridized carbons (Fsp3) is 0.353. The number of hydrogen-bond donors (Lipinski definition) is 2. The first kappa shape index (κ1) is 16.9. The van der Waals surface area contributed by atoms with E-state index in [4.69, 9.17) is 0 Å². The number of anilines is 2. The molecular formula is C17H20FN5O2. The molecule has 2 aromatic rings. The molecule has 0 spiro atoms. The first-order valence-corrected chi connectivity index (χ1v) is 8.14. The molecule has 2 N–H and O–H groups in total. The van der Waals surface area contributed by atoms with Gasteiger partial charge in [0.15, 0.2) is 5.82 Å². The van der Waals surface area contributed by atoms with E-state index in [9.17, 15) is 14.0 Å². The summed E-state index contributed by atoms with van der Waals surface area (Å²) in [5.41, 5.74) is 0.132. The zero-order valence-electron chi connectivity index (χ0n) is 13.9. The molecule has 0 bridgehead atoms. The van der Waals surface area contributed by atoms with E-state index in [1.807, 2.05) is 0 Å². The minimum Gasteiger partial charge on any atom is -0.324 e. The summed E-state index contributed by atoms with van der Waals surface area (Å²) >= 11 is 0. The number of likely N-dealkylation sites (tertiary alicyclic amines) is 1. The van der Waals surface area contributed by atoms with Crippen LogP contribution < -0.4 is 10.6 Å². The monoisotopic (exact) mass is 345 g/mol. The van der Waals surface area contributed by atoms with Crippen molar-refractivity contribution in [1.29, 1.82) is 0 Å². The van der Waals surface area contributed by atoms with Crippen LogP contribution in [0.5, 0.6) is 0 Å². The number of piperidine rings is 1. The summed E-state index contributed by atoms with van der Waals surface area (Å²) < 4.78 is 15.3. The third-order valence-corrected chi connectivity index (χ3v) is 4.16. The lowest BCUT2D eigenvalue weighted by molar-refractivity contribution is -0.121. The number of aromatic nitrogens is 2. The van der Waals surface area contributed by atoms with Crippen LogP contribution in [-0.4, -0.2) is 39.7 Å². The highest BCUT2D eigenvalue weighted by Gasteiger charge is 2.29. The predicted octanol–water partition coefficient (Wildman–Crippen LogP) is 2.44. The Morgan fingerprint density at radius 2 is 2.04 bits per heavy atom. The van der Waals surface area contributed by atoms with Gasteiger partial charge in [-0.3, -0.25) is 9.48 Å². The molecule has 1 saturated heterocycles. The molecule has 1 aliphatic heterocycles. The normalized spacial score (nSPS) is 17.2. The van der Waals surface area contributed by atoms with Crippen LogP contribution >= 0.6 is 0 Å². The fourth-order valence-corrected chi connectivity index (χ4v) is 2.84. The number of amides is 3. The summed E-state index contributed by atoms with van der Waals surface area (Å²) in [5, 5.41) is 9.43. The van der Waals surface area contributed by atoms with Crippen molar-refractivity contribution in [3.05, 3.63) is 42.3 Å². The average molecular weight is 345 g/mol. The van der Waals surface area contributed by atoms with E-state index in [0.717, 1.165) is 0 Å². The van der Waals surface area contributed by atoms with E-state index in [-0.39, 0.29) is 17.5 Å². The number of halogens is 1. The first-order chi connectivity index (χ1) is 12.0. The highest BCUT2D eigenvalue weighted by molar-refractivity contribution is 5.93. The molecule has 3 rings (SSSR count). The largest absolute Gasteiger partial charge is 0.324 e. The molecule has 0 radical (unpaired) electrons. The van der Waals surface area contributed by atoms with E-state index >= 15 is 0 Å². The first-order valence-electron chi connectivity index (χ1n) is 8.14. The van der Waals surface area contributed by atoms with Crippen LogP contribution in [0.4, 0.5) is 20.7 Å². The van der Waals surface area contributed by atoms with Gasteiger partial charge in [0, 0.05) is 32.4 Å². The van der Waals surface area contributed by atoms with Gasteiger partial charge in [0.25, 0.3) is 0 Å². The molecule has 0 saturated carbocycles. The molecule has 7 nitrogen and oxygen atoms in total. The maximum atomic E-state index is 13.7. The van der Waals surface area contributed by atoms with Crippen LogP contribution in [0.1, 0.15) is 12.8 Å². The highest BCUT2D eigenvalue weighted by atomic mass is 19.1. The summed E-state index contributed by atoms with van der Waals surface area (Å²) in [6.07, 6.45) is 3.15. The SMILES string of the molecule is Cn1ccc(NC(=O)C2CCCN(C(=O)Nc3ccccc3F)C2)n1. The highest BCUT2D eigenvalue weighted by Crippen LogP contribution is 2.20. The third-order valence-electron chi connectivity index (χ3n) is 4.16. The van der Waals surface area contributed by atoms with E-state index in [1.54, 1.807) is 41.0 Å². The van der Waals surface area contributed by atoms with Gasteiger partial charge in [-0.25, -0.2) is 9.18 Å². The Balaban J connectivity index is 1.59. The van der Waals surface area contributed by atoms with Crippen LogP contribution in [0.15, 0.2) is 36.5 Å². The number of nitrogens with one attached hydrogen (secondary N) is 2. The average Bonchev–Trinajstić information content (AvgIpc) is 3.02. The minimum absolute atomic E-state index is 0.132. The van der Waals surface area contributed by atoms with Crippen LogP contribution in [-0.2, 0) is 11.8 Å². The number of carbonyl (C=O) groups excluding carboxylic acids is 2. The molecule has 1 aromatic heterocycles. The van der Waals surface area contributed by atoms with Crippen molar-refractivity contribution in [2.24, 2.45) is 13.0 Å². The fourth-order valence-electron chi connectivity index (χ4n) is 2.84. The maximum absolute atomic E-state index is 13.7. The summed E-state index contributed by atoms with van der Waals surface area (Å²) in [5.74, 6) is -0.484. The number of aryl methyl sites for hydroxylation is 1. The van der Waals surface area contributed by atoms with Gasteiger partial charge in [-0.15, -0.1) is 0 Å². The number of rotatable bonds is 3. The second kappa shape index (κ2) is 7.33. The zero-order chi connectivity index (χ0) is 17.8. The summed E-state index contributed by atoms with van der Waals surface area (Å²) in [4.78, 5) is 26.3. The van der Waals surface area contributed by atoms with Gasteiger partial charge >= 0.3 is 6.03 Å². The van der Waals surface area contributed by atoms with E-state index in [1.165, 1.54) is 12.1 Å². The van der Waals surface area contributed by atoms with Crippen molar-refractivity contribution < 1.29 is 14.0 Å². The molecule has 1 unspecified atom stereocenters. The Morgan fingerprint density at radius 3 is 2.76 bits per heavy atom. The second-order valence-electron chi connectivity index (χ2n) is 6.06. The Hall–Kier alpha value is -2.90. The molecule has 132 valence electrons. The number of hydrogen-bond acceptors (Lipinski definition) is 3. The van der Waals surface area contributed by atoms with E-state index in [0.29, 0.717) is 31.7 Å². The van der Waals surface area contributed by atoms with E-state index in [2.05, 4.69) is 15.7 Å². The van der Waals surface area contributed by atoms with Crippen LogP contribution in [0.25, 0.3) is 0 Å². The van der Waals surface area contributed by atoms with Gasteiger partial charge in [0.05, 0.1) is 11.6 Å². The standard InChI is InChI=1S/C17H20FN5O2/c1-22-10-8-15(21-22)20-16(24)12-5-4-9-23(11-12)17(25)19-14-7-3-2-6-13(14)18/h2-3,6-8,10,12H,4-5,9,11H2,1H3,(H,19,25)(H,20,21,24). The lowest BCUT2D eigenvalue weighted by Gasteiger charge is -2.31. The molecule has 2 heterocycles. The Morgan fingerprint density at radius 1 is 1.24 bits per heavy atom. The lowest BCUT2D eigenvalue weighted by atomic mass is 9.97. The zero-order valence-corrected chi connectivity index (χ0v) is 13.9. The molecule has 1 fully saturated rings. The number of urea groups is 1. The molecule has 8 heteroatoms. The van der Waals surface area contributed by atoms with Crippen molar-refractivity contribution in [3.63, 3.8) is 0 Å². The topological polar surface area (TPSA) is 79.3 Å². The molecular weight excluding hydrogens is 325 g/mol. The Labute approximate surface area is 144 Å². The van der Waals surface area contributed by atoms with Crippen molar-refractivity contribution in [1.82, 2.24) is 14.7 Å². The van der Waals surface area contributed by atoms with Crippen molar-refractivity contribution >= 4 is 23.4 Å². The molecule has 3 amide bonds. The lowest BCUT2D eigenvalue weighted by Crippen LogP contribution is -2.45. The second-order valence-corrected chi connectivity index (χ2v) is 6.06. The van der Waals surface area contributed by atoms with Gasteiger partial charge in [-0.05, 0) is 25.0 Å². The van der Waals surface area contributed by atoms with Gasteiger partial charge in [0.1, 0.15) is 5.82 Å². The quantitative estimate of drug-likeness (QED) is 0.897. The van der Waals surface area contributed by atoms with Gasteiger partial charge in [0.2, 0.25) is 5.91 Å². The number of carbonyl (C=O) groups is 2. The Kier molecular flexibility index (Phi) is 4.97. The van der Waals surface area contributed by atoms with Gasteiger partial charge in [-0.1, -0.05) is 12.1 Å². The van der Waals surface area contributed by atoms with E-state index < -0.39 is 11.8 Å². The smallest absolute Gasteiger partial charge is 0.321 e. The van der Waals surface area contributed by atoms with Crippen LogP contribution in [0, 0.1) is 11.7 Å². The van der Waals surface area contributed by atoms with Crippen molar-refractivity contribution in [2.75, 3.05) is 23.7 Å². The Bertz CT molecular complexity index is 776. The number of para-hydroxylation sites is 1. The third kappa shape index (κ3) is 4.14. The number of nitrogens with zero attached hydrogens (tertiary/aromatic N) is 3. The van der Waals surface area contributed by atoms with Crippen molar-refractivity contribution in [3.8, 4) is 0 Å². The summed E-state index contributed by atoms with van der Waals surface area (Å²) in [6.45, 7) is 0.826.